The molecule has 2 N–H and O–H groups in total. The summed E-state index contributed by atoms with van der Waals surface area (Å²) in [5.41, 5.74) is 0.721. The number of aromatic carboxylic acids is 1. The van der Waals surface area contributed by atoms with Crippen molar-refractivity contribution in [2.45, 2.75) is 24.7 Å². The van der Waals surface area contributed by atoms with E-state index in [4.69, 9.17) is 5.11 Å². The zero-order valence-electron chi connectivity index (χ0n) is 13.0. The van der Waals surface area contributed by atoms with Gasteiger partial charge < -0.3 is 10.4 Å². The number of carboxylic acids is 1. The molecule has 0 unspecified atom stereocenters. The maximum absolute atomic E-state index is 13.1. The first-order chi connectivity index (χ1) is 11.5. The number of benzene rings is 1. The number of halogens is 1. The molecule has 1 aliphatic carbocycles. The Labute approximate surface area is 138 Å². The van der Waals surface area contributed by atoms with Crippen LogP contribution in [0, 0.1) is 5.82 Å². The maximum atomic E-state index is 13.1. The second-order valence-corrected chi connectivity index (χ2v) is 6.04. The number of nitrogens with zero attached hydrogens (tertiary/aromatic N) is 1. The fraction of sp³-hybridized carbons (Fsp3) is 0.278. The number of hydrogen-bond acceptors (Lipinski definition) is 3. The Bertz CT molecular complexity index is 770. The Morgan fingerprint density at radius 3 is 2.38 bits per heavy atom. The molecule has 1 aliphatic rings. The normalized spacial score (nSPS) is 15.4. The monoisotopic (exact) mass is 328 g/mol. The standard InChI is InChI=1S/C18H17FN2O3/c19-13-7-5-12(6-8-13)18(9-2-10-18)11-20-16(22)14-3-1-4-15(21-14)17(23)24/h1,3-8H,2,9-11H2,(H,20,22)(H,23,24). The van der Waals surface area contributed by atoms with Gasteiger partial charge in [0.25, 0.3) is 5.91 Å². The van der Waals surface area contributed by atoms with Crippen molar-refractivity contribution in [2.75, 3.05) is 6.54 Å². The third-order valence-corrected chi connectivity index (χ3v) is 4.56. The van der Waals surface area contributed by atoms with Crippen molar-refractivity contribution < 1.29 is 19.1 Å². The number of amides is 1. The van der Waals surface area contributed by atoms with Gasteiger partial charge in [0.05, 0.1) is 0 Å². The summed E-state index contributed by atoms with van der Waals surface area (Å²) >= 11 is 0. The Hall–Kier alpha value is -2.76. The number of pyridine rings is 1. The number of aromatic nitrogens is 1. The van der Waals surface area contributed by atoms with Gasteiger partial charge in [0, 0.05) is 12.0 Å². The van der Waals surface area contributed by atoms with Crippen molar-refractivity contribution in [3.63, 3.8) is 0 Å². The molecule has 1 amide bonds. The summed E-state index contributed by atoms with van der Waals surface area (Å²) in [7, 11) is 0. The highest BCUT2D eigenvalue weighted by Gasteiger charge is 2.38. The molecular weight excluding hydrogens is 311 g/mol. The lowest BCUT2D eigenvalue weighted by molar-refractivity contribution is 0.0690. The molecule has 0 bridgehead atoms. The topological polar surface area (TPSA) is 79.3 Å². The lowest BCUT2D eigenvalue weighted by Gasteiger charge is -2.42. The smallest absolute Gasteiger partial charge is 0.354 e. The zero-order valence-corrected chi connectivity index (χ0v) is 13.0. The molecule has 24 heavy (non-hydrogen) atoms. The first kappa shape index (κ1) is 16.1. The van der Waals surface area contributed by atoms with Crippen LogP contribution in [-0.2, 0) is 5.41 Å². The van der Waals surface area contributed by atoms with Crippen molar-refractivity contribution in [3.05, 3.63) is 65.2 Å². The quantitative estimate of drug-likeness (QED) is 0.884. The number of rotatable bonds is 5. The molecule has 0 atom stereocenters. The van der Waals surface area contributed by atoms with E-state index in [0.29, 0.717) is 6.54 Å². The Morgan fingerprint density at radius 2 is 1.79 bits per heavy atom. The molecule has 0 spiro atoms. The molecular formula is C18H17FN2O3. The lowest BCUT2D eigenvalue weighted by atomic mass is 9.64. The first-order valence-electron chi connectivity index (χ1n) is 7.75. The summed E-state index contributed by atoms with van der Waals surface area (Å²) in [6.45, 7) is 0.413. The van der Waals surface area contributed by atoms with Crippen LogP contribution in [0.25, 0.3) is 0 Å². The van der Waals surface area contributed by atoms with E-state index in [1.165, 1.54) is 30.3 Å². The molecule has 6 heteroatoms. The van der Waals surface area contributed by atoms with Crippen LogP contribution in [0.5, 0.6) is 0 Å². The molecule has 1 heterocycles. The summed E-state index contributed by atoms with van der Waals surface area (Å²) in [6.07, 6.45) is 2.89. The molecule has 3 rings (SSSR count). The Balaban J connectivity index is 1.72. The van der Waals surface area contributed by atoms with Crippen LogP contribution in [0.3, 0.4) is 0 Å². The summed E-state index contributed by atoms with van der Waals surface area (Å²) in [6, 6.07) is 10.7. The molecule has 2 aromatic rings. The maximum Gasteiger partial charge on any atom is 0.354 e. The van der Waals surface area contributed by atoms with Crippen molar-refractivity contribution in [2.24, 2.45) is 0 Å². The number of nitrogens with one attached hydrogen (secondary N) is 1. The third kappa shape index (κ3) is 3.13. The Morgan fingerprint density at radius 1 is 1.12 bits per heavy atom. The molecule has 124 valence electrons. The second kappa shape index (κ2) is 6.39. The van der Waals surface area contributed by atoms with Crippen LogP contribution in [0.2, 0.25) is 0 Å². The summed E-state index contributed by atoms with van der Waals surface area (Å²) < 4.78 is 13.1. The molecule has 0 aliphatic heterocycles. The predicted octanol–water partition coefficient (Wildman–Crippen LogP) is 2.77. The number of hydrogen-bond donors (Lipinski definition) is 2. The zero-order chi connectivity index (χ0) is 17.2. The second-order valence-electron chi connectivity index (χ2n) is 6.04. The van der Waals surface area contributed by atoms with Crippen molar-refractivity contribution in [1.82, 2.24) is 10.3 Å². The molecule has 1 fully saturated rings. The minimum Gasteiger partial charge on any atom is -0.477 e. The van der Waals surface area contributed by atoms with Crippen LogP contribution in [-0.4, -0.2) is 28.5 Å². The van der Waals surface area contributed by atoms with Gasteiger partial charge in [-0.15, -0.1) is 0 Å². The molecule has 1 aromatic heterocycles. The van der Waals surface area contributed by atoms with E-state index < -0.39 is 11.9 Å². The van der Waals surface area contributed by atoms with Crippen LogP contribution >= 0.6 is 0 Å². The molecule has 5 nitrogen and oxygen atoms in total. The minimum absolute atomic E-state index is 0.0727. The van der Waals surface area contributed by atoms with E-state index in [1.54, 1.807) is 12.1 Å². The van der Waals surface area contributed by atoms with E-state index in [9.17, 15) is 14.0 Å². The summed E-state index contributed by atoms with van der Waals surface area (Å²) in [5.74, 6) is -1.87. The van der Waals surface area contributed by atoms with Gasteiger partial charge in [-0.3, -0.25) is 4.79 Å². The average Bonchev–Trinajstić information content (AvgIpc) is 2.55. The van der Waals surface area contributed by atoms with E-state index in [2.05, 4.69) is 10.3 Å². The van der Waals surface area contributed by atoms with Crippen molar-refractivity contribution >= 4 is 11.9 Å². The Kier molecular flexibility index (Phi) is 4.29. The largest absolute Gasteiger partial charge is 0.477 e. The van der Waals surface area contributed by atoms with Gasteiger partial charge in [-0.2, -0.15) is 0 Å². The predicted molar refractivity (Wildman–Crippen MR) is 85.5 cm³/mol. The highest BCUT2D eigenvalue weighted by Crippen LogP contribution is 2.43. The number of carbonyl (C=O) groups excluding carboxylic acids is 1. The summed E-state index contributed by atoms with van der Waals surface area (Å²) in [5, 5.41) is 11.8. The van der Waals surface area contributed by atoms with E-state index in [-0.39, 0.29) is 22.6 Å². The van der Waals surface area contributed by atoms with Gasteiger partial charge >= 0.3 is 5.97 Å². The molecule has 1 saturated carbocycles. The molecule has 0 saturated heterocycles. The molecule has 1 aromatic carbocycles. The van der Waals surface area contributed by atoms with Gasteiger partial charge in [-0.1, -0.05) is 24.6 Å². The lowest BCUT2D eigenvalue weighted by Crippen LogP contribution is -2.45. The van der Waals surface area contributed by atoms with Crippen molar-refractivity contribution in [3.8, 4) is 0 Å². The highest BCUT2D eigenvalue weighted by atomic mass is 19.1. The fourth-order valence-corrected chi connectivity index (χ4v) is 2.99. The van der Waals surface area contributed by atoms with E-state index in [0.717, 1.165) is 24.8 Å². The first-order valence-corrected chi connectivity index (χ1v) is 7.75. The van der Waals surface area contributed by atoms with Gasteiger partial charge in [-0.25, -0.2) is 14.2 Å². The van der Waals surface area contributed by atoms with Gasteiger partial charge in [0.1, 0.15) is 17.2 Å². The number of carbonyl (C=O) groups is 2. The highest BCUT2D eigenvalue weighted by molar-refractivity contribution is 5.94. The van der Waals surface area contributed by atoms with E-state index >= 15 is 0 Å². The fourth-order valence-electron chi connectivity index (χ4n) is 2.99. The molecule has 0 radical (unpaired) electrons. The number of carboxylic acid groups (broad SMARTS) is 1. The van der Waals surface area contributed by atoms with Crippen molar-refractivity contribution in [1.29, 1.82) is 0 Å². The third-order valence-electron chi connectivity index (χ3n) is 4.56. The van der Waals surface area contributed by atoms with Gasteiger partial charge in [0.15, 0.2) is 0 Å². The van der Waals surface area contributed by atoms with E-state index in [1.807, 2.05) is 0 Å². The average molecular weight is 328 g/mol. The van der Waals surface area contributed by atoms with Gasteiger partial charge in [0.2, 0.25) is 0 Å². The van der Waals surface area contributed by atoms with Crippen LogP contribution in [0.1, 0.15) is 45.8 Å². The summed E-state index contributed by atoms with van der Waals surface area (Å²) in [4.78, 5) is 27.0. The van der Waals surface area contributed by atoms with Crippen LogP contribution < -0.4 is 5.32 Å². The SMILES string of the molecule is O=C(O)c1cccc(C(=O)NCC2(c3ccc(F)cc3)CCC2)n1. The van der Waals surface area contributed by atoms with Crippen LogP contribution in [0.4, 0.5) is 4.39 Å². The van der Waals surface area contributed by atoms with Gasteiger partial charge in [-0.05, 0) is 42.7 Å². The van der Waals surface area contributed by atoms with Crippen LogP contribution in [0.15, 0.2) is 42.5 Å². The minimum atomic E-state index is -1.17.